The van der Waals surface area contributed by atoms with Crippen LogP contribution < -0.4 is 10.1 Å². The largest absolute Gasteiger partial charge is 0.437 e. The van der Waals surface area contributed by atoms with Crippen LogP contribution in [0.3, 0.4) is 0 Å². The van der Waals surface area contributed by atoms with Gasteiger partial charge in [0.25, 0.3) is 0 Å². The molecule has 2 aromatic rings. The van der Waals surface area contributed by atoms with E-state index in [-0.39, 0.29) is 6.61 Å². The first-order valence-electron chi connectivity index (χ1n) is 6.26. The van der Waals surface area contributed by atoms with Gasteiger partial charge in [0.05, 0.1) is 12.4 Å². The minimum Gasteiger partial charge on any atom is -0.437 e. The van der Waals surface area contributed by atoms with Crippen LogP contribution in [0.1, 0.15) is 12.5 Å². The third-order valence-corrected chi connectivity index (χ3v) is 2.54. The molecule has 0 radical (unpaired) electrons. The van der Waals surface area contributed by atoms with E-state index in [9.17, 15) is 0 Å². The molecular formula is C14H17N3O2. The quantitative estimate of drug-likeness (QED) is 0.832. The van der Waals surface area contributed by atoms with Crippen LogP contribution in [0.15, 0.2) is 36.7 Å². The Bertz CT molecular complexity index is 532. The van der Waals surface area contributed by atoms with E-state index in [0.717, 1.165) is 12.1 Å². The Morgan fingerprint density at radius 3 is 2.89 bits per heavy atom. The number of nitrogens with zero attached hydrogens (tertiary/aromatic N) is 2. The van der Waals surface area contributed by atoms with Crippen molar-refractivity contribution in [3.05, 3.63) is 42.2 Å². The van der Waals surface area contributed by atoms with E-state index in [1.807, 2.05) is 31.2 Å². The summed E-state index contributed by atoms with van der Waals surface area (Å²) < 4.78 is 5.72. The van der Waals surface area contributed by atoms with Crippen molar-refractivity contribution in [3.63, 3.8) is 0 Å². The predicted molar refractivity (Wildman–Crippen MR) is 73.5 cm³/mol. The van der Waals surface area contributed by atoms with Crippen molar-refractivity contribution >= 4 is 5.82 Å². The van der Waals surface area contributed by atoms with Crippen molar-refractivity contribution in [1.82, 2.24) is 9.97 Å². The first kappa shape index (κ1) is 13.3. The number of aliphatic hydroxyl groups is 1. The van der Waals surface area contributed by atoms with Crippen molar-refractivity contribution in [1.29, 1.82) is 0 Å². The van der Waals surface area contributed by atoms with Gasteiger partial charge in [0.1, 0.15) is 11.6 Å². The number of para-hydroxylation sites is 1. The normalized spacial score (nSPS) is 10.2. The fraction of sp³-hybridized carbons (Fsp3) is 0.286. The molecule has 0 fully saturated rings. The second-order valence-corrected chi connectivity index (χ2v) is 3.96. The summed E-state index contributed by atoms with van der Waals surface area (Å²) in [6, 6.07) is 7.58. The average Bonchev–Trinajstić information content (AvgIpc) is 2.42. The van der Waals surface area contributed by atoms with Crippen LogP contribution in [-0.2, 0) is 6.42 Å². The zero-order valence-corrected chi connectivity index (χ0v) is 10.8. The van der Waals surface area contributed by atoms with Gasteiger partial charge < -0.3 is 15.2 Å². The summed E-state index contributed by atoms with van der Waals surface area (Å²) in [6.07, 6.45) is 3.77. The number of aromatic nitrogens is 2. The fourth-order valence-corrected chi connectivity index (χ4v) is 1.71. The maximum Gasteiger partial charge on any atom is 0.239 e. The van der Waals surface area contributed by atoms with Crippen LogP contribution in [-0.4, -0.2) is 28.2 Å². The summed E-state index contributed by atoms with van der Waals surface area (Å²) in [7, 11) is 0. The van der Waals surface area contributed by atoms with Gasteiger partial charge in [-0.25, -0.2) is 0 Å². The molecule has 2 rings (SSSR count). The predicted octanol–water partition coefficient (Wildman–Crippen LogP) is 2.24. The van der Waals surface area contributed by atoms with Crippen LogP contribution in [0.2, 0.25) is 0 Å². The molecule has 0 saturated heterocycles. The molecular weight excluding hydrogens is 242 g/mol. The number of rotatable bonds is 6. The molecule has 100 valence electrons. The second kappa shape index (κ2) is 6.70. The molecule has 0 unspecified atom stereocenters. The van der Waals surface area contributed by atoms with Crippen molar-refractivity contribution in [2.24, 2.45) is 0 Å². The molecule has 1 heterocycles. The minimum atomic E-state index is 0.0868. The standard InChI is InChI=1S/C14H17N3O2/c1-2-16-13-9-15-10-14(17-13)19-12-6-4-3-5-11(12)7-8-18/h3-6,9-10,18H,2,7-8H2,1H3,(H,16,17). The average molecular weight is 259 g/mol. The number of aliphatic hydroxyl groups excluding tert-OH is 1. The molecule has 19 heavy (non-hydrogen) atoms. The van der Waals surface area contributed by atoms with Gasteiger partial charge >= 0.3 is 0 Å². The SMILES string of the molecule is CCNc1cncc(Oc2ccccc2CCO)n1. The molecule has 5 nitrogen and oxygen atoms in total. The third kappa shape index (κ3) is 3.66. The van der Waals surface area contributed by atoms with E-state index < -0.39 is 0 Å². The Morgan fingerprint density at radius 1 is 1.26 bits per heavy atom. The van der Waals surface area contributed by atoms with Gasteiger partial charge in [-0.2, -0.15) is 4.98 Å². The highest BCUT2D eigenvalue weighted by atomic mass is 16.5. The van der Waals surface area contributed by atoms with Crippen molar-refractivity contribution in [2.75, 3.05) is 18.5 Å². The molecule has 1 aromatic heterocycles. The monoisotopic (exact) mass is 259 g/mol. The molecule has 0 spiro atoms. The summed E-state index contributed by atoms with van der Waals surface area (Å²) in [5, 5.41) is 12.1. The van der Waals surface area contributed by atoms with Crippen LogP contribution in [0, 0.1) is 0 Å². The van der Waals surface area contributed by atoms with Crippen LogP contribution in [0.4, 0.5) is 5.82 Å². The van der Waals surface area contributed by atoms with Gasteiger partial charge in [0, 0.05) is 13.2 Å². The summed E-state index contributed by atoms with van der Waals surface area (Å²) in [5.74, 6) is 1.81. The Labute approximate surface area is 112 Å². The zero-order chi connectivity index (χ0) is 13.5. The number of hydrogen-bond donors (Lipinski definition) is 2. The van der Waals surface area contributed by atoms with Crippen molar-refractivity contribution in [3.8, 4) is 11.6 Å². The van der Waals surface area contributed by atoms with E-state index in [2.05, 4.69) is 15.3 Å². The van der Waals surface area contributed by atoms with Crippen molar-refractivity contribution in [2.45, 2.75) is 13.3 Å². The second-order valence-electron chi connectivity index (χ2n) is 3.96. The topological polar surface area (TPSA) is 67.3 Å². The minimum absolute atomic E-state index is 0.0868. The van der Waals surface area contributed by atoms with Gasteiger partial charge in [0.15, 0.2) is 0 Å². The smallest absolute Gasteiger partial charge is 0.239 e. The van der Waals surface area contributed by atoms with Gasteiger partial charge in [-0.3, -0.25) is 4.98 Å². The van der Waals surface area contributed by atoms with E-state index in [1.165, 1.54) is 0 Å². The van der Waals surface area contributed by atoms with Crippen molar-refractivity contribution < 1.29 is 9.84 Å². The maximum atomic E-state index is 9.03. The van der Waals surface area contributed by atoms with E-state index >= 15 is 0 Å². The highest BCUT2D eigenvalue weighted by molar-refractivity contribution is 5.38. The molecule has 0 aliphatic carbocycles. The summed E-state index contributed by atoms with van der Waals surface area (Å²) >= 11 is 0. The van der Waals surface area contributed by atoms with E-state index in [0.29, 0.717) is 23.9 Å². The lowest BCUT2D eigenvalue weighted by Gasteiger charge is -2.10. The van der Waals surface area contributed by atoms with Gasteiger partial charge in [-0.15, -0.1) is 0 Å². The Kier molecular flexibility index (Phi) is 4.69. The highest BCUT2D eigenvalue weighted by Gasteiger charge is 2.05. The van der Waals surface area contributed by atoms with Gasteiger partial charge in [-0.05, 0) is 25.0 Å². The Hall–Kier alpha value is -2.14. The van der Waals surface area contributed by atoms with E-state index in [4.69, 9.17) is 9.84 Å². The van der Waals surface area contributed by atoms with Crippen LogP contribution in [0.5, 0.6) is 11.6 Å². The summed E-state index contributed by atoms with van der Waals surface area (Å²) in [5.41, 5.74) is 0.945. The molecule has 5 heteroatoms. The Balaban J connectivity index is 2.18. The zero-order valence-electron chi connectivity index (χ0n) is 10.8. The first-order chi connectivity index (χ1) is 9.33. The van der Waals surface area contributed by atoms with Gasteiger partial charge in [0.2, 0.25) is 5.88 Å². The number of benzene rings is 1. The summed E-state index contributed by atoms with van der Waals surface area (Å²) in [4.78, 5) is 8.38. The van der Waals surface area contributed by atoms with Crippen LogP contribution in [0.25, 0.3) is 0 Å². The highest BCUT2D eigenvalue weighted by Crippen LogP contribution is 2.24. The molecule has 0 atom stereocenters. The molecule has 1 aromatic carbocycles. The molecule has 0 bridgehead atoms. The molecule has 0 amide bonds. The number of nitrogens with one attached hydrogen (secondary N) is 1. The third-order valence-electron chi connectivity index (χ3n) is 2.54. The lowest BCUT2D eigenvalue weighted by Crippen LogP contribution is -2.01. The first-order valence-corrected chi connectivity index (χ1v) is 6.26. The number of ether oxygens (including phenoxy) is 1. The fourth-order valence-electron chi connectivity index (χ4n) is 1.71. The molecule has 0 aliphatic heterocycles. The molecule has 0 aliphatic rings. The van der Waals surface area contributed by atoms with Gasteiger partial charge in [-0.1, -0.05) is 18.2 Å². The summed E-state index contributed by atoms with van der Waals surface area (Å²) in [6.45, 7) is 2.86. The Morgan fingerprint density at radius 2 is 2.11 bits per heavy atom. The van der Waals surface area contributed by atoms with Crippen LogP contribution >= 0.6 is 0 Å². The number of hydrogen-bond acceptors (Lipinski definition) is 5. The molecule has 0 saturated carbocycles. The molecule has 2 N–H and O–H groups in total. The van der Waals surface area contributed by atoms with E-state index in [1.54, 1.807) is 12.4 Å². The lowest BCUT2D eigenvalue weighted by molar-refractivity contribution is 0.297. The lowest BCUT2D eigenvalue weighted by atomic mass is 10.1. The maximum absolute atomic E-state index is 9.03. The number of anilines is 1.